The van der Waals surface area contributed by atoms with E-state index in [4.69, 9.17) is 23.2 Å². The van der Waals surface area contributed by atoms with Crippen LogP contribution in [0.1, 0.15) is 0 Å². The lowest BCUT2D eigenvalue weighted by Gasteiger charge is -2.10. The second-order valence-electron chi connectivity index (χ2n) is 4.90. The van der Waals surface area contributed by atoms with E-state index in [1.165, 1.54) is 0 Å². The highest BCUT2D eigenvalue weighted by Gasteiger charge is 2.10. The Balaban J connectivity index is 2.36. The number of rotatable bonds is 0. The van der Waals surface area contributed by atoms with Crippen LogP contribution in [-0.2, 0) is 0 Å². The highest BCUT2D eigenvalue weighted by molar-refractivity contribution is 6.41. The fourth-order valence-electron chi connectivity index (χ4n) is 2.86. The molecule has 0 aromatic heterocycles. The van der Waals surface area contributed by atoms with Gasteiger partial charge in [-0.15, -0.1) is 0 Å². The van der Waals surface area contributed by atoms with Gasteiger partial charge in [0.15, 0.2) is 0 Å². The van der Waals surface area contributed by atoms with Gasteiger partial charge in [0.1, 0.15) is 0 Å². The summed E-state index contributed by atoms with van der Waals surface area (Å²) in [6.07, 6.45) is 0. The lowest BCUT2D eigenvalue weighted by atomic mass is 9.97. The second-order valence-corrected chi connectivity index (χ2v) is 5.72. The molecule has 0 saturated heterocycles. The molecule has 4 aromatic carbocycles. The average molecular weight is 297 g/mol. The van der Waals surface area contributed by atoms with Gasteiger partial charge in [0.25, 0.3) is 0 Å². The van der Waals surface area contributed by atoms with Crippen LogP contribution < -0.4 is 0 Å². The van der Waals surface area contributed by atoms with E-state index in [0.29, 0.717) is 0 Å². The first-order valence-corrected chi connectivity index (χ1v) is 7.19. The lowest BCUT2D eigenvalue weighted by molar-refractivity contribution is 1.77. The van der Waals surface area contributed by atoms with Crippen LogP contribution in [0, 0.1) is 0 Å². The van der Waals surface area contributed by atoms with Crippen LogP contribution in [0.4, 0.5) is 0 Å². The van der Waals surface area contributed by atoms with Crippen molar-refractivity contribution in [2.24, 2.45) is 0 Å². The molecule has 4 aromatic rings. The maximum absolute atomic E-state index is 6.44. The van der Waals surface area contributed by atoms with E-state index in [1.54, 1.807) is 0 Å². The van der Waals surface area contributed by atoms with E-state index < -0.39 is 0 Å². The number of fused-ring (bicyclic) bond motifs is 5. The van der Waals surface area contributed by atoms with Gasteiger partial charge in [0.2, 0.25) is 0 Å². The molecule has 0 bridgehead atoms. The number of benzene rings is 4. The standard InChI is InChI=1S/C18H10Cl2/c19-17-10-16-12-6-2-4-8-14(12)18(20)9-15(16)11-5-1-3-7-13(11)17/h1-10H. The van der Waals surface area contributed by atoms with Crippen LogP contribution >= 0.6 is 23.2 Å². The molecule has 0 N–H and O–H groups in total. The van der Waals surface area contributed by atoms with Crippen LogP contribution in [0.15, 0.2) is 60.7 Å². The second kappa shape index (κ2) is 4.37. The molecule has 0 unspecified atom stereocenters. The number of halogens is 2. The molecule has 2 heteroatoms. The highest BCUT2D eigenvalue weighted by atomic mass is 35.5. The van der Waals surface area contributed by atoms with Crippen molar-refractivity contribution in [3.63, 3.8) is 0 Å². The fourth-order valence-corrected chi connectivity index (χ4v) is 3.41. The van der Waals surface area contributed by atoms with Crippen molar-refractivity contribution in [3.8, 4) is 0 Å². The van der Waals surface area contributed by atoms with Gasteiger partial charge in [-0.2, -0.15) is 0 Å². The summed E-state index contributed by atoms with van der Waals surface area (Å²) in [5.74, 6) is 0. The largest absolute Gasteiger partial charge is 0.0836 e. The Kier molecular flexibility index (Phi) is 2.63. The predicted molar refractivity (Wildman–Crippen MR) is 89.0 cm³/mol. The van der Waals surface area contributed by atoms with Crippen molar-refractivity contribution in [2.45, 2.75) is 0 Å². The van der Waals surface area contributed by atoms with Crippen molar-refractivity contribution >= 4 is 55.5 Å². The third-order valence-electron chi connectivity index (χ3n) is 3.78. The minimum Gasteiger partial charge on any atom is -0.0836 e. The van der Waals surface area contributed by atoms with Crippen molar-refractivity contribution in [2.75, 3.05) is 0 Å². The zero-order valence-electron chi connectivity index (χ0n) is 10.5. The highest BCUT2D eigenvalue weighted by Crippen LogP contribution is 2.38. The average Bonchev–Trinajstić information content (AvgIpc) is 2.49. The van der Waals surface area contributed by atoms with Gasteiger partial charge in [-0.05, 0) is 33.7 Å². The van der Waals surface area contributed by atoms with Crippen LogP contribution in [0.5, 0.6) is 0 Å². The molecular formula is C18H10Cl2. The zero-order valence-corrected chi connectivity index (χ0v) is 12.0. The molecule has 0 aliphatic heterocycles. The van der Waals surface area contributed by atoms with E-state index in [0.717, 1.165) is 42.4 Å². The molecule has 0 saturated carbocycles. The monoisotopic (exact) mass is 296 g/mol. The smallest absolute Gasteiger partial charge is 0.0491 e. The summed E-state index contributed by atoms with van der Waals surface area (Å²) in [5.41, 5.74) is 0. The Bertz CT molecular complexity index is 890. The van der Waals surface area contributed by atoms with Crippen molar-refractivity contribution in [1.29, 1.82) is 0 Å². The van der Waals surface area contributed by atoms with Crippen LogP contribution in [0.25, 0.3) is 32.3 Å². The summed E-state index contributed by atoms with van der Waals surface area (Å²) in [6.45, 7) is 0. The van der Waals surface area contributed by atoms with Gasteiger partial charge in [-0.1, -0.05) is 71.7 Å². The third-order valence-corrected chi connectivity index (χ3v) is 4.41. The first-order valence-electron chi connectivity index (χ1n) is 6.44. The summed E-state index contributed by atoms with van der Waals surface area (Å²) < 4.78 is 0. The molecule has 0 nitrogen and oxygen atoms in total. The molecule has 96 valence electrons. The number of hydrogen-bond donors (Lipinski definition) is 0. The summed E-state index contributed by atoms with van der Waals surface area (Å²) in [4.78, 5) is 0. The predicted octanol–water partition coefficient (Wildman–Crippen LogP) is 6.45. The fraction of sp³-hybridized carbons (Fsp3) is 0. The van der Waals surface area contributed by atoms with Gasteiger partial charge in [0, 0.05) is 20.8 Å². The summed E-state index contributed by atoms with van der Waals surface area (Å²) in [6, 6.07) is 20.4. The molecule has 4 rings (SSSR count). The Labute approximate surface area is 126 Å². The van der Waals surface area contributed by atoms with Gasteiger partial charge in [0.05, 0.1) is 0 Å². The molecule has 0 fully saturated rings. The zero-order chi connectivity index (χ0) is 13.7. The quantitative estimate of drug-likeness (QED) is 0.327. The van der Waals surface area contributed by atoms with Gasteiger partial charge >= 0.3 is 0 Å². The first-order chi connectivity index (χ1) is 9.75. The van der Waals surface area contributed by atoms with Crippen LogP contribution in [-0.4, -0.2) is 0 Å². The third kappa shape index (κ3) is 1.62. The molecule has 0 spiro atoms. The van der Waals surface area contributed by atoms with E-state index in [-0.39, 0.29) is 0 Å². The molecule has 0 heterocycles. The molecule has 0 amide bonds. The van der Waals surface area contributed by atoms with Gasteiger partial charge in [-0.25, -0.2) is 0 Å². The number of hydrogen-bond acceptors (Lipinski definition) is 0. The molecule has 20 heavy (non-hydrogen) atoms. The van der Waals surface area contributed by atoms with E-state index in [2.05, 4.69) is 12.1 Å². The molecular weight excluding hydrogens is 287 g/mol. The normalized spacial score (nSPS) is 11.5. The summed E-state index contributed by atoms with van der Waals surface area (Å²) in [7, 11) is 0. The van der Waals surface area contributed by atoms with Crippen molar-refractivity contribution in [1.82, 2.24) is 0 Å². The summed E-state index contributed by atoms with van der Waals surface area (Å²) in [5, 5.41) is 8.26. The topological polar surface area (TPSA) is 0 Å². The Morgan fingerprint density at radius 1 is 0.450 bits per heavy atom. The molecule has 0 aliphatic carbocycles. The summed E-state index contributed by atoms with van der Waals surface area (Å²) >= 11 is 12.9. The van der Waals surface area contributed by atoms with Crippen molar-refractivity contribution in [3.05, 3.63) is 70.7 Å². The minimum atomic E-state index is 0.778. The van der Waals surface area contributed by atoms with Gasteiger partial charge in [-0.3, -0.25) is 0 Å². The minimum absolute atomic E-state index is 0.778. The van der Waals surface area contributed by atoms with Crippen molar-refractivity contribution < 1.29 is 0 Å². The Morgan fingerprint density at radius 3 is 1.20 bits per heavy atom. The van der Waals surface area contributed by atoms with Crippen LogP contribution in [0.2, 0.25) is 10.0 Å². The SMILES string of the molecule is Clc1cc2c3ccccc3c(Cl)cc2c2ccccc12. The Hall–Kier alpha value is -1.76. The van der Waals surface area contributed by atoms with Gasteiger partial charge < -0.3 is 0 Å². The van der Waals surface area contributed by atoms with Crippen LogP contribution in [0.3, 0.4) is 0 Å². The maximum Gasteiger partial charge on any atom is 0.0491 e. The van der Waals surface area contributed by atoms with E-state index >= 15 is 0 Å². The molecule has 0 atom stereocenters. The molecule has 0 radical (unpaired) electrons. The molecule has 0 aliphatic rings. The lowest BCUT2D eigenvalue weighted by Crippen LogP contribution is -1.83. The maximum atomic E-state index is 6.44. The Morgan fingerprint density at radius 2 is 0.800 bits per heavy atom. The first kappa shape index (κ1) is 12.0. The van der Waals surface area contributed by atoms with E-state index in [1.807, 2.05) is 48.5 Å². The van der Waals surface area contributed by atoms with E-state index in [9.17, 15) is 0 Å².